The summed E-state index contributed by atoms with van der Waals surface area (Å²) in [5.41, 5.74) is 1.38. The molecule has 6 heteroatoms. The Kier molecular flexibility index (Phi) is 4.48. The minimum Gasteiger partial charge on any atom is -0.506 e. The third-order valence-corrected chi connectivity index (χ3v) is 5.86. The maximum absolute atomic E-state index is 12.9. The highest BCUT2D eigenvalue weighted by atomic mass is 16.4. The van der Waals surface area contributed by atoms with Crippen molar-refractivity contribution >= 4 is 32.9 Å². The van der Waals surface area contributed by atoms with E-state index in [1.165, 1.54) is 6.07 Å². The number of aromatic hydroxyl groups is 1. The molecule has 32 heavy (non-hydrogen) atoms. The fraction of sp³-hybridized carbons (Fsp3) is 0.231. The largest absolute Gasteiger partial charge is 0.506 e. The number of furan rings is 1. The Morgan fingerprint density at radius 3 is 1.88 bits per heavy atom. The Morgan fingerprint density at radius 2 is 1.25 bits per heavy atom. The molecule has 0 aliphatic carbocycles. The van der Waals surface area contributed by atoms with Gasteiger partial charge in [0.05, 0.1) is 10.8 Å². The first kappa shape index (κ1) is 20.1. The van der Waals surface area contributed by atoms with Gasteiger partial charge < -0.3 is 18.4 Å². The molecular weight excluding hydrogens is 408 g/mol. The molecule has 2 aromatic carbocycles. The van der Waals surface area contributed by atoms with E-state index in [4.69, 9.17) is 13.3 Å². The van der Waals surface area contributed by atoms with Gasteiger partial charge >= 0.3 is 11.3 Å². The zero-order valence-corrected chi connectivity index (χ0v) is 18.2. The molecule has 0 aliphatic heterocycles. The van der Waals surface area contributed by atoms with Gasteiger partial charge in [0.15, 0.2) is 5.58 Å². The quantitative estimate of drug-likeness (QED) is 0.339. The van der Waals surface area contributed by atoms with Crippen LogP contribution in [0, 0.1) is 0 Å². The highest BCUT2D eigenvalue weighted by molar-refractivity contribution is 6.03. The van der Waals surface area contributed by atoms with Crippen molar-refractivity contribution in [1.29, 1.82) is 0 Å². The second-order valence-electron chi connectivity index (χ2n) is 8.61. The van der Waals surface area contributed by atoms with Crippen molar-refractivity contribution in [2.45, 2.75) is 39.5 Å². The number of rotatable bonds is 3. The molecule has 3 heterocycles. The molecule has 0 aliphatic rings. The number of para-hydroxylation sites is 2. The topological polar surface area (TPSA) is 93.8 Å². The molecule has 5 aromatic rings. The average molecular weight is 430 g/mol. The van der Waals surface area contributed by atoms with Crippen molar-refractivity contribution in [2.24, 2.45) is 0 Å². The van der Waals surface area contributed by atoms with E-state index >= 15 is 0 Å². The summed E-state index contributed by atoms with van der Waals surface area (Å²) in [6.45, 7) is 7.98. The maximum atomic E-state index is 12.9. The second-order valence-corrected chi connectivity index (χ2v) is 8.61. The van der Waals surface area contributed by atoms with E-state index in [9.17, 15) is 14.7 Å². The third kappa shape index (κ3) is 2.87. The van der Waals surface area contributed by atoms with Crippen LogP contribution >= 0.6 is 0 Å². The molecule has 0 saturated carbocycles. The van der Waals surface area contributed by atoms with Crippen molar-refractivity contribution in [3.63, 3.8) is 0 Å². The Labute approximate surface area is 182 Å². The number of hydrogen-bond acceptors (Lipinski definition) is 6. The molecule has 0 saturated heterocycles. The highest BCUT2D eigenvalue weighted by Gasteiger charge is 2.24. The van der Waals surface area contributed by atoms with Gasteiger partial charge in [-0.05, 0) is 35.1 Å². The fourth-order valence-corrected chi connectivity index (χ4v) is 4.22. The molecule has 0 unspecified atom stereocenters. The van der Waals surface area contributed by atoms with Crippen LogP contribution in [-0.2, 0) is 0 Å². The maximum Gasteiger partial charge on any atom is 0.351 e. The Hall–Kier alpha value is -3.80. The van der Waals surface area contributed by atoms with Gasteiger partial charge in [0.2, 0.25) is 0 Å². The summed E-state index contributed by atoms with van der Waals surface area (Å²) in [6, 6.07) is 12.3. The molecule has 0 spiro atoms. The fourth-order valence-electron chi connectivity index (χ4n) is 4.22. The number of benzene rings is 2. The zero-order valence-electron chi connectivity index (χ0n) is 18.2. The lowest BCUT2D eigenvalue weighted by atomic mass is 9.99. The van der Waals surface area contributed by atoms with Crippen molar-refractivity contribution in [1.82, 2.24) is 0 Å². The zero-order chi connectivity index (χ0) is 22.7. The molecule has 0 fully saturated rings. The monoisotopic (exact) mass is 430 g/mol. The summed E-state index contributed by atoms with van der Waals surface area (Å²) in [5, 5.41) is 12.2. The van der Waals surface area contributed by atoms with E-state index in [-0.39, 0.29) is 34.3 Å². The van der Waals surface area contributed by atoms with Crippen LogP contribution < -0.4 is 11.3 Å². The lowest BCUT2D eigenvalue weighted by Gasteiger charge is -2.10. The lowest BCUT2D eigenvalue weighted by molar-refractivity contribution is 0.466. The van der Waals surface area contributed by atoms with Crippen LogP contribution in [-0.4, -0.2) is 5.11 Å². The van der Waals surface area contributed by atoms with Crippen LogP contribution in [0.3, 0.4) is 0 Å². The molecule has 0 amide bonds. The van der Waals surface area contributed by atoms with Crippen molar-refractivity contribution < 1.29 is 18.4 Å². The summed E-state index contributed by atoms with van der Waals surface area (Å²) in [5.74, 6) is 0.0529. The average Bonchev–Trinajstić information content (AvgIpc) is 3.18. The van der Waals surface area contributed by atoms with E-state index in [2.05, 4.69) is 0 Å². The van der Waals surface area contributed by atoms with Crippen LogP contribution in [0.1, 0.15) is 50.7 Å². The first-order valence-electron chi connectivity index (χ1n) is 10.6. The van der Waals surface area contributed by atoms with Crippen LogP contribution in [0.5, 0.6) is 5.75 Å². The molecule has 0 bridgehead atoms. The summed E-state index contributed by atoms with van der Waals surface area (Å²) in [4.78, 5) is 25.6. The summed E-state index contributed by atoms with van der Waals surface area (Å²) >= 11 is 0. The molecule has 0 radical (unpaired) electrons. The predicted molar refractivity (Wildman–Crippen MR) is 124 cm³/mol. The number of hydrogen-bond donors (Lipinski definition) is 1. The molecule has 0 atom stereocenters. The predicted octanol–water partition coefficient (Wildman–Crippen LogP) is 6.27. The molecule has 1 N–H and O–H groups in total. The van der Waals surface area contributed by atoms with Gasteiger partial charge in [-0.3, -0.25) is 0 Å². The van der Waals surface area contributed by atoms with Crippen LogP contribution in [0.25, 0.3) is 44.2 Å². The van der Waals surface area contributed by atoms with Gasteiger partial charge in [-0.25, -0.2) is 9.59 Å². The van der Waals surface area contributed by atoms with Gasteiger partial charge in [-0.15, -0.1) is 0 Å². The van der Waals surface area contributed by atoms with E-state index < -0.39 is 11.3 Å². The SMILES string of the molecule is CC(C)c1cccc2c(O)c(-c3cc4c(=O)oc5c(C(C)C)cccc5c4o3)c(=O)oc12. The minimum atomic E-state index is -0.737. The Bertz CT molecular complexity index is 1630. The van der Waals surface area contributed by atoms with Crippen molar-refractivity contribution in [3.8, 4) is 17.1 Å². The van der Waals surface area contributed by atoms with Crippen LogP contribution in [0.15, 0.2) is 65.3 Å². The Morgan fingerprint density at radius 1 is 0.688 bits per heavy atom. The molecule has 6 nitrogen and oxygen atoms in total. The first-order valence-corrected chi connectivity index (χ1v) is 10.6. The smallest absolute Gasteiger partial charge is 0.351 e. The summed E-state index contributed by atoms with van der Waals surface area (Å²) in [6.07, 6.45) is 0. The van der Waals surface area contributed by atoms with Gasteiger partial charge in [-0.1, -0.05) is 52.0 Å². The normalized spacial score (nSPS) is 12.1. The van der Waals surface area contributed by atoms with E-state index in [0.717, 1.165) is 11.1 Å². The Balaban J connectivity index is 1.84. The summed E-state index contributed by atoms with van der Waals surface area (Å²) < 4.78 is 17.2. The van der Waals surface area contributed by atoms with Gasteiger partial charge in [0, 0.05) is 6.07 Å². The molecule has 3 aromatic heterocycles. The lowest BCUT2D eigenvalue weighted by Crippen LogP contribution is -2.04. The van der Waals surface area contributed by atoms with Gasteiger partial charge in [0.1, 0.15) is 33.6 Å². The third-order valence-electron chi connectivity index (χ3n) is 5.86. The highest BCUT2D eigenvalue weighted by Crippen LogP contribution is 2.39. The van der Waals surface area contributed by atoms with Gasteiger partial charge in [-0.2, -0.15) is 0 Å². The molecule has 5 rings (SSSR count). The van der Waals surface area contributed by atoms with Crippen molar-refractivity contribution in [2.75, 3.05) is 0 Å². The minimum absolute atomic E-state index is 0.0536. The molecule has 162 valence electrons. The van der Waals surface area contributed by atoms with Crippen LogP contribution in [0.2, 0.25) is 0 Å². The standard InChI is InChI=1S/C26H22O6/c1-12(2)14-7-5-9-16-21(27)20(26(29)32-22(14)16)19-11-18-24(30-19)17-10-6-8-15(13(3)4)23(17)31-25(18)28/h5-13,27H,1-4H3. The van der Waals surface area contributed by atoms with E-state index in [1.54, 1.807) is 18.2 Å². The van der Waals surface area contributed by atoms with Crippen LogP contribution in [0.4, 0.5) is 0 Å². The van der Waals surface area contributed by atoms with E-state index in [0.29, 0.717) is 27.5 Å². The summed E-state index contributed by atoms with van der Waals surface area (Å²) in [7, 11) is 0. The second kappa shape index (κ2) is 7.12. The first-order chi connectivity index (χ1) is 15.3. The van der Waals surface area contributed by atoms with E-state index in [1.807, 2.05) is 45.9 Å². The van der Waals surface area contributed by atoms with Gasteiger partial charge in [0.25, 0.3) is 0 Å². The number of fused-ring (bicyclic) bond motifs is 4. The molecular formula is C26H22O6. The van der Waals surface area contributed by atoms with Crippen molar-refractivity contribution in [3.05, 3.63) is 74.4 Å².